The van der Waals surface area contributed by atoms with Crippen LogP contribution in [0.5, 0.6) is 0 Å². The van der Waals surface area contributed by atoms with Gasteiger partial charge in [0.2, 0.25) is 5.91 Å². The molecule has 0 aliphatic rings. The number of carbonyl (C=O) groups excluding carboxylic acids is 1. The lowest BCUT2D eigenvalue weighted by Crippen LogP contribution is -2.24. The van der Waals surface area contributed by atoms with Crippen molar-refractivity contribution in [2.24, 2.45) is 5.92 Å². The van der Waals surface area contributed by atoms with Crippen LogP contribution in [0.15, 0.2) is 0 Å². The molecule has 0 saturated carbocycles. The minimum Gasteiger partial charge on any atom is -0.481 e. The highest BCUT2D eigenvalue weighted by molar-refractivity contribution is 5.76. The van der Waals surface area contributed by atoms with E-state index in [-0.39, 0.29) is 24.7 Å². The lowest BCUT2D eigenvalue weighted by molar-refractivity contribution is -0.141. The van der Waals surface area contributed by atoms with Gasteiger partial charge in [-0.2, -0.15) is 0 Å². The first-order chi connectivity index (χ1) is 11.4. The molecule has 6 nitrogen and oxygen atoms in total. The molecule has 0 radical (unpaired) electrons. The van der Waals surface area contributed by atoms with E-state index in [0.717, 1.165) is 44.9 Å². The van der Waals surface area contributed by atoms with Crippen molar-refractivity contribution in [3.63, 3.8) is 0 Å². The molecule has 0 heterocycles. The van der Waals surface area contributed by atoms with Gasteiger partial charge in [-0.1, -0.05) is 51.9 Å². The highest BCUT2D eigenvalue weighted by Gasteiger charge is 2.09. The van der Waals surface area contributed by atoms with E-state index in [1.165, 1.54) is 12.8 Å². The molecular formula is C18H33NO5. The lowest BCUT2D eigenvalue weighted by Gasteiger charge is -2.06. The molecule has 0 aliphatic carbocycles. The molecular weight excluding hydrogens is 310 g/mol. The van der Waals surface area contributed by atoms with Gasteiger partial charge in [-0.3, -0.25) is 14.4 Å². The zero-order chi connectivity index (χ0) is 18.2. The van der Waals surface area contributed by atoms with Gasteiger partial charge in [0.15, 0.2) is 0 Å². The number of carboxylic acid groups (broad SMARTS) is 2. The Bertz CT molecular complexity index is 370. The average Bonchev–Trinajstić information content (AvgIpc) is 2.51. The molecule has 1 unspecified atom stereocenters. The Hall–Kier alpha value is -1.59. The van der Waals surface area contributed by atoms with E-state index in [4.69, 9.17) is 10.2 Å². The summed E-state index contributed by atoms with van der Waals surface area (Å²) < 4.78 is 0. The van der Waals surface area contributed by atoms with Crippen LogP contribution in [0.25, 0.3) is 0 Å². The standard InChI is InChI=1S/C18H33NO5/c1-15(18(23)24)11-8-6-4-2-3-5-7-9-14-19-16(20)12-10-13-17(21)22/h15H,2-14H2,1H3,(H,19,20)(H,21,22)(H,23,24). The Balaban J connectivity index is 3.24. The van der Waals surface area contributed by atoms with E-state index >= 15 is 0 Å². The van der Waals surface area contributed by atoms with Crippen LogP contribution in [0.1, 0.15) is 84.0 Å². The van der Waals surface area contributed by atoms with Crippen molar-refractivity contribution < 1.29 is 24.6 Å². The first kappa shape index (κ1) is 22.4. The topological polar surface area (TPSA) is 104 Å². The molecule has 1 amide bonds. The first-order valence-corrected chi connectivity index (χ1v) is 9.14. The van der Waals surface area contributed by atoms with E-state index in [2.05, 4.69) is 5.32 Å². The van der Waals surface area contributed by atoms with Crippen LogP contribution in [-0.2, 0) is 14.4 Å². The van der Waals surface area contributed by atoms with Crippen molar-refractivity contribution in [3.8, 4) is 0 Å². The number of rotatable bonds is 16. The summed E-state index contributed by atoms with van der Waals surface area (Å²) in [7, 11) is 0. The number of amides is 1. The van der Waals surface area contributed by atoms with Crippen molar-refractivity contribution in [2.75, 3.05) is 6.54 Å². The van der Waals surface area contributed by atoms with Crippen LogP contribution in [-0.4, -0.2) is 34.6 Å². The normalized spacial score (nSPS) is 11.9. The maximum Gasteiger partial charge on any atom is 0.306 e. The summed E-state index contributed by atoms with van der Waals surface area (Å²) in [6.45, 7) is 2.42. The van der Waals surface area contributed by atoms with Crippen LogP contribution >= 0.6 is 0 Å². The van der Waals surface area contributed by atoms with Gasteiger partial charge in [-0.15, -0.1) is 0 Å². The number of aliphatic carboxylic acids is 2. The van der Waals surface area contributed by atoms with Crippen molar-refractivity contribution >= 4 is 17.8 Å². The van der Waals surface area contributed by atoms with Gasteiger partial charge in [0.25, 0.3) is 0 Å². The van der Waals surface area contributed by atoms with Gasteiger partial charge in [0, 0.05) is 19.4 Å². The maximum absolute atomic E-state index is 11.4. The van der Waals surface area contributed by atoms with Crippen molar-refractivity contribution in [2.45, 2.75) is 84.0 Å². The van der Waals surface area contributed by atoms with Crippen LogP contribution in [0.2, 0.25) is 0 Å². The number of unbranched alkanes of at least 4 members (excludes halogenated alkanes) is 7. The molecule has 0 saturated heterocycles. The minimum atomic E-state index is -0.862. The van der Waals surface area contributed by atoms with E-state index in [9.17, 15) is 14.4 Å². The van der Waals surface area contributed by atoms with Crippen LogP contribution < -0.4 is 5.32 Å². The quantitative estimate of drug-likeness (QED) is 0.372. The Labute approximate surface area is 145 Å². The summed E-state index contributed by atoms with van der Waals surface area (Å²) in [6, 6.07) is 0. The SMILES string of the molecule is CC(CCCCCCCCCCNC(=O)CCCC(=O)O)C(=O)O. The van der Waals surface area contributed by atoms with E-state index in [0.29, 0.717) is 13.0 Å². The highest BCUT2D eigenvalue weighted by Crippen LogP contribution is 2.13. The zero-order valence-corrected chi connectivity index (χ0v) is 14.9. The third kappa shape index (κ3) is 15.3. The third-order valence-corrected chi connectivity index (χ3v) is 4.10. The molecule has 1 atom stereocenters. The summed E-state index contributed by atoms with van der Waals surface area (Å²) in [5.74, 6) is -1.86. The van der Waals surface area contributed by atoms with Gasteiger partial charge < -0.3 is 15.5 Å². The number of carboxylic acids is 2. The summed E-state index contributed by atoms with van der Waals surface area (Å²) in [4.78, 5) is 32.4. The molecule has 140 valence electrons. The summed E-state index contributed by atoms with van der Waals surface area (Å²) in [5, 5.41) is 20.1. The van der Waals surface area contributed by atoms with Crippen molar-refractivity contribution in [3.05, 3.63) is 0 Å². The predicted octanol–water partition coefficient (Wildman–Crippen LogP) is 3.59. The monoisotopic (exact) mass is 343 g/mol. The van der Waals surface area contributed by atoms with E-state index in [1.54, 1.807) is 6.92 Å². The minimum absolute atomic E-state index is 0.0443. The molecule has 0 rings (SSSR count). The van der Waals surface area contributed by atoms with Gasteiger partial charge >= 0.3 is 11.9 Å². The Morgan fingerprint density at radius 2 is 1.33 bits per heavy atom. The molecule has 0 aliphatic heterocycles. The summed E-state index contributed by atoms with van der Waals surface area (Å²) in [6.07, 6.45) is 10.3. The molecule has 0 aromatic rings. The highest BCUT2D eigenvalue weighted by atomic mass is 16.4. The van der Waals surface area contributed by atoms with Crippen LogP contribution in [0.4, 0.5) is 0 Å². The van der Waals surface area contributed by atoms with Crippen molar-refractivity contribution in [1.82, 2.24) is 5.32 Å². The number of hydrogen-bond donors (Lipinski definition) is 3. The lowest BCUT2D eigenvalue weighted by atomic mass is 10.0. The first-order valence-electron chi connectivity index (χ1n) is 9.14. The Morgan fingerprint density at radius 1 is 0.792 bits per heavy atom. The Morgan fingerprint density at radius 3 is 1.88 bits per heavy atom. The smallest absolute Gasteiger partial charge is 0.306 e. The number of nitrogens with one attached hydrogen (secondary N) is 1. The fourth-order valence-electron chi connectivity index (χ4n) is 2.48. The average molecular weight is 343 g/mol. The predicted molar refractivity (Wildman–Crippen MR) is 92.8 cm³/mol. The van der Waals surface area contributed by atoms with Gasteiger partial charge in [-0.25, -0.2) is 0 Å². The largest absolute Gasteiger partial charge is 0.481 e. The maximum atomic E-state index is 11.4. The molecule has 0 bridgehead atoms. The second-order valence-electron chi connectivity index (χ2n) is 6.45. The van der Waals surface area contributed by atoms with E-state index in [1.807, 2.05) is 0 Å². The number of carbonyl (C=O) groups is 3. The van der Waals surface area contributed by atoms with Crippen LogP contribution in [0, 0.1) is 5.92 Å². The van der Waals surface area contributed by atoms with Gasteiger partial charge in [0.05, 0.1) is 5.92 Å². The molecule has 0 fully saturated rings. The molecule has 3 N–H and O–H groups in total. The molecule has 0 aromatic heterocycles. The zero-order valence-electron chi connectivity index (χ0n) is 14.9. The molecule has 6 heteroatoms. The van der Waals surface area contributed by atoms with Crippen LogP contribution in [0.3, 0.4) is 0 Å². The van der Waals surface area contributed by atoms with Crippen molar-refractivity contribution in [1.29, 1.82) is 0 Å². The number of hydrogen-bond acceptors (Lipinski definition) is 3. The second-order valence-corrected chi connectivity index (χ2v) is 6.45. The Kier molecular flexibility index (Phi) is 14.0. The fourth-order valence-corrected chi connectivity index (χ4v) is 2.48. The van der Waals surface area contributed by atoms with Gasteiger partial charge in [0.1, 0.15) is 0 Å². The second kappa shape index (κ2) is 15.0. The third-order valence-electron chi connectivity index (χ3n) is 4.10. The summed E-state index contributed by atoms with van der Waals surface area (Å²) in [5.41, 5.74) is 0. The van der Waals surface area contributed by atoms with Gasteiger partial charge in [-0.05, 0) is 19.3 Å². The van der Waals surface area contributed by atoms with E-state index < -0.39 is 11.9 Å². The molecule has 0 spiro atoms. The molecule has 0 aromatic carbocycles. The molecule has 24 heavy (non-hydrogen) atoms. The summed E-state index contributed by atoms with van der Waals surface area (Å²) >= 11 is 0. The fraction of sp³-hybridized carbons (Fsp3) is 0.833.